The summed E-state index contributed by atoms with van der Waals surface area (Å²) in [5, 5.41) is 67.9. The first-order valence-corrected chi connectivity index (χ1v) is 48.9. The topological polar surface area (TPSA) is 259 Å². The third kappa shape index (κ3) is 26.2. The molecule has 0 spiro atoms. The highest BCUT2D eigenvalue weighted by molar-refractivity contribution is 5.51. The summed E-state index contributed by atoms with van der Waals surface area (Å²) in [5.41, 5.74) is -5.46. The Morgan fingerprint density at radius 3 is 0.541 bits per heavy atom. The molecule has 0 amide bonds. The van der Waals surface area contributed by atoms with E-state index >= 15 is 0 Å². The summed E-state index contributed by atoms with van der Waals surface area (Å²) in [4.78, 5) is 69.7. The normalized spacial score (nSPS) is 21.4. The van der Waals surface area contributed by atoms with E-state index in [4.69, 9.17) is 44.9 Å². The Labute approximate surface area is 741 Å². The molecule has 5 saturated heterocycles. The molecule has 0 unspecified atom stereocenters. The Morgan fingerprint density at radius 1 is 0.213 bits per heavy atom. The van der Waals surface area contributed by atoms with Gasteiger partial charge in [-0.25, -0.2) is 0 Å². The largest absolute Gasteiger partial charge is 0.341 e. The summed E-state index contributed by atoms with van der Waals surface area (Å²) >= 11 is 0. The van der Waals surface area contributed by atoms with Crippen molar-refractivity contribution in [1.29, 1.82) is 0 Å². The van der Waals surface area contributed by atoms with Gasteiger partial charge in [0.1, 0.15) is 5.82 Å². The van der Waals surface area contributed by atoms with Crippen LogP contribution in [0.1, 0.15) is 398 Å². The van der Waals surface area contributed by atoms with Gasteiger partial charge in [-0.3, -0.25) is 0 Å². The standard InChI is InChI=1S/C95H180N22O5/c1-29-36-51-105(52-37-30-2)78-96-72(8)97-81(99-78)109(74-64-88(13,14)114(119)89(15,16)65-74)58-47-43-44-49-60-111(76-68-92(21,22)116(121)93(23,24)69-76)84-102-83(108(57-42-35-7)73-62-86(9,10)113(118)87(11,12)63-73)103-85(104-84)112(77-70-94(25,26)117(122)95(27,28)71-77)61-50-46-45-48-59-110(75-66-90(17,18)115(120)91(19,20)67-75)82-100-79(106(53-38-31-3)54-39-32-4)98-80(101-82)107(55-40-33-5)56-41-34-6/h73-77,118-122H,29-71H2,1-28H3. The number of aromatic nitrogens is 9. The third-order valence-corrected chi connectivity index (χ3v) is 27.9. The number of hydrogen-bond donors (Lipinski definition) is 5. The van der Waals surface area contributed by atoms with Crippen molar-refractivity contribution in [2.75, 3.05) is 111 Å². The van der Waals surface area contributed by atoms with E-state index in [0.29, 0.717) is 69.5 Å². The van der Waals surface area contributed by atoms with Gasteiger partial charge in [0.05, 0.1) is 0 Å². The summed E-state index contributed by atoms with van der Waals surface area (Å²) in [6, 6.07) is -0.0205. The molecule has 5 aliphatic rings. The van der Waals surface area contributed by atoms with Crippen molar-refractivity contribution in [2.24, 2.45) is 0 Å². The van der Waals surface area contributed by atoms with E-state index in [1.54, 1.807) is 25.3 Å². The van der Waals surface area contributed by atoms with Crippen LogP contribution in [0.15, 0.2) is 0 Å². The highest BCUT2D eigenvalue weighted by Gasteiger charge is 2.53. The molecule has 0 radical (unpaired) electrons. The molecular formula is C95H180N22O5. The maximum atomic E-state index is 12.2. The Hall–Kier alpha value is -4.97. The van der Waals surface area contributed by atoms with Gasteiger partial charge in [-0.05, 0) is 280 Å². The molecule has 3 aromatic heterocycles. The van der Waals surface area contributed by atoms with Crippen molar-refractivity contribution in [3.05, 3.63) is 5.82 Å². The average Bonchev–Trinajstić information content (AvgIpc) is 0.758. The number of piperidine rings is 5. The molecule has 0 aliphatic carbocycles. The van der Waals surface area contributed by atoms with Crippen LogP contribution in [0.5, 0.6) is 0 Å². The summed E-state index contributed by atoms with van der Waals surface area (Å²) in [7, 11) is 0. The smallest absolute Gasteiger partial charge is 0.232 e. The van der Waals surface area contributed by atoms with Gasteiger partial charge in [0.15, 0.2) is 0 Å². The lowest BCUT2D eigenvalue weighted by Gasteiger charge is -2.54. The second-order valence-electron chi connectivity index (χ2n) is 44.2. The van der Waals surface area contributed by atoms with Crippen LogP contribution in [0.4, 0.5) is 47.6 Å². The zero-order valence-corrected chi connectivity index (χ0v) is 82.9. The van der Waals surface area contributed by atoms with Crippen LogP contribution in [-0.2, 0) is 0 Å². The van der Waals surface area contributed by atoms with Crippen LogP contribution in [-0.4, -0.2) is 254 Å². The van der Waals surface area contributed by atoms with Crippen molar-refractivity contribution in [3.63, 3.8) is 0 Å². The van der Waals surface area contributed by atoms with Crippen molar-refractivity contribution in [2.45, 2.75) is 485 Å². The highest BCUT2D eigenvalue weighted by Crippen LogP contribution is 2.47. The summed E-state index contributed by atoms with van der Waals surface area (Å²) in [5.74, 6) is 6.42. The lowest BCUT2D eigenvalue weighted by molar-refractivity contribution is -0.244. The molecule has 8 heterocycles. The number of aryl methyl sites for hydroxylation is 1. The van der Waals surface area contributed by atoms with Gasteiger partial charge in [0, 0.05) is 158 Å². The van der Waals surface area contributed by atoms with Crippen molar-refractivity contribution >= 4 is 47.6 Å². The number of nitrogens with zero attached hydrogens (tertiary/aromatic N) is 22. The van der Waals surface area contributed by atoms with Crippen LogP contribution in [0.25, 0.3) is 0 Å². The number of hydroxylamine groups is 10. The fourth-order valence-corrected chi connectivity index (χ4v) is 21.8. The van der Waals surface area contributed by atoms with E-state index in [9.17, 15) is 26.0 Å². The van der Waals surface area contributed by atoms with Crippen LogP contribution in [0.2, 0.25) is 0 Å². The third-order valence-electron chi connectivity index (χ3n) is 27.9. The Kier molecular flexibility index (Phi) is 36.5. The van der Waals surface area contributed by atoms with E-state index in [1.807, 2.05) is 6.92 Å². The molecule has 5 aliphatic heterocycles. The maximum absolute atomic E-state index is 12.2. The minimum atomic E-state index is -0.592. The van der Waals surface area contributed by atoms with Gasteiger partial charge in [-0.15, -0.1) is 0 Å². The SMILES string of the molecule is CCCCN(CCCC)c1nc(C)nc(N(CCCCCCN(c2nc(N(CCCC)C3CC(C)(C)N(O)C(C)(C)C3)nc(N(CCCCCCN(c3nc(N(CCCC)CCCC)nc(N(CCCC)CCCC)n3)C3CC(C)(C)N(O)C(C)(C)C3)C3CC(C)(C)N(O)C(C)(C)C3)n2)C2CC(C)(C)N(O)C(C)(C)C2)C2CC(C)(C)N(O)C(C)(C)C2)n1. The molecule has 3 aromatic rings. The van der Waals surface area contributed by atoms with E-state index in [-0.39, 0.29) is 30.2 Å². The van der Waals surface area contributed by atoms with Crippen molar-refractivity contribution in [3.8, 4) is 0 Å². The highest BCUT2D eigenvalue weighted by atomic mass is 16.5. The van der Waals surface area contributed by atoms with E-state index < -0.39 is 55.4 Å². The Balaban J connectivity index is 1.21. The minimum Gasteiger partial charge on any atom is -0.341 e. The fraction of sp³-hybridized carbons (Fsp3) is 0.905. The maximum Gasteiger partial charge on any atom is 0.232 e. The molecular weight excluding hydrogens is 1530 g/mol. The van der Waals surface area contributed by atoms with Gasteiger partial charge >= 0.3 is 0 Å². The Bertz CT molecular complexity index is 3500. The first-order valence-electron chi connectivity index (χ1n) is 48.9. The first-order chi connectivity index (χ1) is 57.1. The van der Waals surface area contributed by atoms with Crippen molar-refractivity contribution < 1.29 is 26.0 Å². The number of rotatable bonds is 48. The van der Waals surface area contributed by atoms with Gasteiger partial charge in [0.2, 0.25) is 47.6 Å². The summed E-state index contributed by atoms with van der Waals surface area (Å²) < 4.78 is 0. The average molecular weight is 1710 g/mol. The molecule has 0 bridgehead atoms. The summed E-state index contributed by atoms with van der Waals surface area (Å²) in [6.45, 7) is 70.0. The number of unbranched alkanes of at least 4 members (excludes halogenated alkanes) is 13. The molecule has 27 heteroatoms. The van der Waals surface area contributed by atoms with E-state index in [0.717, 1.165) is 261 Å². The van der Waals surface area contributed by atoms with Gasteiger partial charge in [-0.1, -0.05) is 119 Å². The molecule has 8 rings (SSSR count). The zero-order valence-electron chi connectivity index (χ0n) is 82.9. The zero-order chi connectivity index (χ0) is 90.4. The van der Waals surface area contributed by atoms with Crippen LogP contribution in [0.3, 0.4) is 0 Å². The monoisotopic (exact) mass is 1710 g/mol. The molecule has 122 heavy (non-hydrogen) atoms. The second kappa shape index (κ2) is 43.4. The van der Waals surface area contributed by atoms with E-state index in [1.165, 1.54) is 0 Å². The predicted molar refractivity (Wildman–Crippen MR) is 503 cm³/mol. The molecule has 0 aromatic carbocycles. The van der Waals surface area contributed by atoms with Crippen molar-refractivity contribution in [1.82, 2.24) is 70.2 Å². The van der Waals surface area contributed by atoms with Crippen LogP contribution >= 0.6 is 0 Å². The molecule has 5 N–H and O–H groups in total. The number of hydrogen-bond acceptors (Lipinski definition) is 27. The lowest BCUT2D eigenvalue weighted by Crippen LogP contribution is -2.64. The Morgan fingerprint density at radius 2 is 0.352 bits per heavy atom. The van der Waals surface area contributed by atoms with E-state index in [2.05, 4.69) is 226 Å². The quantitative estimate of drug-likeness (QED) is 0.0329. The predicted octanol–water partition coefficient (Wildman–Crippen LogP) is 20.2. The van der Waals surface area contributed by atoms with Crippen LogP contribution < -0.4 is 39.2 Å². The number of anilines is 8. The molecule has 0 saturated carbocycles. The van der Waals surface area contributed by atoms with Gasteiger partial charge in [0.25, 0.3) is 0 Å². The van der Waals surface area contributed by atoms with Gasteiger partial charge < -0.3 is 65.2 Å². The summed E-state index contributed by atoms with van der Waals surface area (Å²) in [6.07, 6.45) is 29.1. The van der Waals surface area contributed by atoms with Crippen LogP contribution in [0, 0.1) is 6.92 Å². The molecule has 5 fully saturated rings. The molecule has 27 nitrogen and oxygen atoms in total. The molecule has 0 atom stereocenters. The lowest BCUT2D eigenvalue weighted by atomic mass is 9.78. The first kappa shape index (κ1) is 102. The fourth-order valence-electron chi connectivity index (χ4n) is 21.8. The second-order valence-corrected chi connectivity index (χ2v) is 44.2. The van der Waals surface area contributed by atoms with Gasteiger partial charge in [-0.2, -0.15) is 70.2 Å². The minimum absolute atomic E-state index is 0.0151. The molecule has 700 valence electrons.